The third-order valence-corrected chi connectivity index (χ3v) is 2.74. The van der Waals surface area contributed by atoms with E-state index >= 15 is 0 Å². The van der Waals surface area contributed by atoms with Crippen molar-refractivity contribution in [3.05, 3.63) is 29.8 Å². The normalized spacial score (nSPS) is 15.2. The van der Waals surface area contributed by atoms with Gasteiger partial charge >= 0.3 is 5.51 Å². The van der Waals surface area contributed by atoms with Crippen molar-refractivity contribution >= 4 is 17.7 Å². The minimum atomic E-state index is -4.45. The Bertz CT molecular complexity index is 439. The van der Waals surface area contributed by atoms with Gasteiger partial charge in [-0.15, -0.1) is 0 Å². The number of halogens is 3. The largest absolute Gasteiger partial charge is 0.446 e. The molecule has 18 heavy (non-hydrogen) atoms. The molecule has 4 nitrogen and oxygen atoms in total. The first kappa shape index (κ1) is 14.8. The van der Waals surface area contributed by atoms with E-state index in [-0.39, 0.29) is 22.2 Å². The van der Waals surface area contributed by atoms with Crippen LogP contribution in [0.15, 0.2) is 29.2 Å². The molecule has 0 aromatic heterocycles. The van der Waals surface area contributed by atoms with Gasteiger partial charge in [0.2, 0.25) is 5.91 Å². The van der Waals surface area contributed by atoms with Gasteiger partial charge in [0.05, 0.1) is 0 Å². The standard InChI is InChI=1S/C10H10F3NO3S/c11-10(12,13)18-6-3-1-2-5(4-6)7(15)8(16)9(14)17/h1-4,7-8,15-16H,(H2,14,17). The summed E-state index contributed by atoms with van der Waals surface area (Å²) in [5, 5.41) is 18.8. The van der Waals surface area contributed by atoms with Crippen molar-refractivity contribution in [2.75, 3.05) is 0 Å². The van der Waals surface area contributed by atoms with Crippen LogP contribution in [0.25, 0.3) is 0 Å². The third-order valence-electron chi connectivity index (χ3n) is 2.02. The number of primary amides is 1. The lowest BCUT2D eigenvalue weighted by Crippen LogP contribution is -2.33. The molecule has 0 bridgehead atoms. The maximum absolute atomic E-state index is 12.1. The molecule has 4 N–H and O–H groups in total. The quantitative estimate of drug-likeness (QED) is 0.724. The van der Waals surface area contributed by atoms with E-state index < -0.39 is 23.6 Å². The molecular formula is C10H10F3NO3S. The molecule has 1 rings (SSSR count). The van der Waals surface area contributed by atoms with E-state index in [2.05, 4.69) is 0 Å². The Kier molecular flexibility index (Phi) is 4.60. The number of benzene rings is 1. The Labute approximate surface area is 105 Å². The van der Waals surface area contributed by atoms with Gasteiger partial charge in [-0.2, -0.15) is 13.2 Å². The Hall–Kier alpha value is -1.25. The van der Waals surface area contributed by atoms with Gasteiger partial charge in [0.1, 0.15) is 6.10 Å². The fraction of sp³-hybridized carbons (Fsp3) is 0.300. The maximum atomic E-state index is 12.1. The first-order chi connectivity index (χ1) is 8.20. The molecule has 8 heteroatoms. The van der Waals surface area contributed by atoms with E-state index in [1.165, 1.54) is 18.2 Å². The molecule has 2 unspecified atom stereocenters. The van der Waals surface area contributed by atoms with E-state index in [0.717, 1.165) is 6.07 Å². The lowest BCUT2D eigenvalue weighted by molar-refractivity contribution is -0.132. The zero-order chi connectivity index (χ0) is 13.9. The summed E-state index contributed by atoms with van der Waals surface area (Å²) < 4.78 is 36.4. The maximum Gasteiger partial charge on any atom is 0.446 e. The van der Waals surface area contributed by atoms with Gasteiger partial charge < -0.3 is 15.9 Å². The van der Waals surface area contributed by atoms with Crippen molar-refractivity contribution in [1.29, 1.82) is 0 Å². The van der Waals surface area contributed by atoms with Gasteiger partial charge in [-0.1, -0.05) is 12.1 Å². The van der Waals surface area contributed by atoms with Crippen LogP contribution < -0.4 is 5.73 Å². The van der Waals surface area contributed by atoms with Crippen molar-refractivity contribution < 1.29 is 28.2 Å². The highest BCUT2D eigenvalue weighted by molar-refractivity contribution is 8.00. The highest BCUT2D eigenvalue weighted by atomic mass is 32.2. The number of nitrogens with two attached hydrogens (primary N) is 1. The summed E-state index contributed by atoms with van der Waals surface area (Å²) >= 11 is -0.356. The van der Waals surface area contributed by atoms with Crippen LogP contribution in [0.1, 0.15) is 11.7 Å². The Morgan fingerprint density at radius 2 is 1.94 bits per heavy atom. The number of carbonyl (C=O) groups is 1. The molecule has 100 valence electrons. The fourth-order valence-electron chi connectivity index (χ4n) is 1.23. The molecule has 0 aliphatic rings. The molecule has 0 heterocycles. The van der Waals surface area contributed by atoms with Crippen molar-refractivity contribution in [2.24, 2.45) is 5.73 Å². The van der Waals surface area contributed by atoms with Gasteiger partial charge in [0.25, 0.3) is 0 Å². The summed E-state index contributed by atoms with van der Waals surface area (Å²) in [6.45, 7) is 0. The van der Waals surface area contributed by atoms with Crippen LogP contribution in [0.5, 0.6) is 0 Å². The topological polar surface area (TPSA) is 83.6 Å². The third kappa shape index (κ3) is 4.21. The van der Waals surface area contributed by atoms with E-state index in [1.54, 1.807) is 0 Å². The molecule has 0 saturated carbocycles. The first-order valence-corrected chi connectivity index (χ1v) is 5.53. The predicted octanol–water partition coefficient (Wildman–Crippen LogP) is 1.18. The number of hydrogen-bond acceptors (Lipinski definition) is 4. The second kappa shape index (κ2) is 5.59. The zero-order valence-electron chi connectivity index (χ0n) is 8.89. The Balaban J connectivity index is 2.91. The summed E-state index contributed by atoms with van der Waals surface area (Å²) in [4.78, 5) is 10.5. The molecule has 0 fully saturated rings. The number of rotatable bonds is 4. The molecule has 1 aromatic rings. The molecule has 1 aromatic carbocycles. The zero-order valence-corrected chi connectivity index (χ0v) is 9.70. The number of thioether (sulfide) groups is 1. The molecule has 1 amide bonds. The summed E-state index contributed by atoms with van der Waals surface area (Å²) in [6, 6.07) is 4.80. The molecule has 0 saturated heterocycles. The van der Waals surface area contributed by atoms with E-state index in [4.69, 9.17) is 5.73 Å². The smallest absolute Gasteiger partial charge is 0.385 e. The second-order valence-corrected chi connectivity index (χ2v) is 4.55. The van der Waals surface area contributed by atoms with Gasteiger partial charge in [-0.25, -0.2) is 0 Å². The van der Waals surface area contributed by atoms with Crippen LogP contribution in [0.4, 0.5) is 13.2 Å². The summed E-state index contributed by atoms with van der Waals surface area (Å²) in [5.41, 5.74) is 0.309. The number of carbonyl (C=O) groups excluding carboxylic acids is 1. The number of aliphatic hydroxyl groups excluding tert-OH is 2. The Morgan fingerprint density at radius 3 is 2.44 bits per heavy atom. The summed E-state index contributed by atoms with van der Waals surface area (Å²) in [5.74, 6) is -1.16. The highest BCUT2D eigenvalue weighted by Gasteiger charge is 2.30. The SMILES string of the molecule is NC(=O)C(O)C(O)c1cccc(SC(F)(F)F)c1. The summed E-state index contributed by atoms with van der Waals surface area (Å²) in [6.07, 6.45) is -3.52. The predicted molar refractivity (Wildman–Crippen MR) is 58.5 cm³/mol. The van der Waals surface area contributed by atoms with Crippen LogP contribution >= 0.6 is 11.8 Å². The van der Waals surface area contributed by atoms with Crippen molar-refractivity contribution in [2.45, 2.75) is 22.6 Å². The van der Waals surface area contributed by atoms with E-state index in [0.29, 0.717) is 0 Å². The van der Waals surface area contributed by atoms with Crippen molar-refractivity contribution in [1.82, 2.24) is 0 Å². The number of aliphatic hydroxyl groups is 2. The molecule has 0 spiro atoms. The fourth-order valence-corrected chi connectivity index (χ4v) is 1.84. The van der Waals surface area contributed by atoms with Gasteiger partial charge in [-0.05, 0) is 29.5 Å². The van der Waals surface area contributed by atoms with Crippen LogP contribution in [0, 0.1) is 0 Å². The minimum absolute atomic E-state index is 0.0180. The number of amides is 1. The van der Waals surface area contributed by atoms with Gasteiger partial charge in [0.15, 0.2) is 6.10 Å². The monoisotopic (exact) mass is 281 g/mol. The summed E-state index contributed by atoms with van der Waals surface area (Å²) in [7, 11) is 0. The molecule has 2 atom stereocenters. The molecule has 0 aliphatic heterocycles. The number of alkyl halides is 3. The van der Waals surface area contributed by atoms with Crippen molar-refractivity contribution in [3.63, 3.8) is 0 Å². The lowest BCUT2D eigenvalue weighted by atomic mass is 10.0. The van der Waals surface area contributed by atoms with Crippen LogP contribution in [-0.2, 0) is 4.79 Å². The van der Waals surface area contributed by atoms with E-state index in [9.17, 15) is 28.2 Å². The molecular weight excluding hydrogens is 271 g/mol. The Morgan fingerprint density at radius 1 is 1.33 bits per heavy atom. The molecule has 0 aliphatic carbocycles. The number of hydrogen-bond donors (Lipinski definition) is 3. The van der Waals surface area contributed by atoms with Crippen LogP contribution in [0.3, 0.4) is 0 Å². The minimum Gasteiger partial charge on any atom is -0.385 e. The van der Waals surface area contributed by atoms with Crippen molar-refractivity contribution in [3.8, 4) is 0 Å². The lowest BCUT2D eigenvalue weighted by Gasteiger charge is -2.16. The first-order valence-electron chi connectivity index (χ1n) is 4.72. The van der Waals surface area contributed by atoms with E-state index in [1.807, 2.05) is 0 Å². The average Bonchev–Trinajstić information content (AvgIpc) is 2.25. The van der Waals surface area contributed by atoms with Crippen LogP contribution in [0.2, 0.25) is 0 Å². The van der Waals surface area contributed by atoms with Gasteiger partial charge in [0, 0.05) is 4.90 Å². The van der Waals surface area contributed by atoms with Crippen LogP contribution in [-0.4, -0.2) is 27.7 Å². The average molecular weight is 281 g/mol. The second-order valence-electron chi connectivity index (χ2n) is 3.41. The van der Waals surface area contributed by atoms with Gasteiger partial charge in [-0.3, -0.25) is 4.79 Å². The molecule has 0 radical (unpaired) electrons. The highest BCUT2D eigenvalue weighted by Crippen LogP contribution is 2.37.